The fraction of sp³-hybridized carbons (Fsp3) is 0.300. The number of esters is 1. The third-order valence-electron chi connectivity index (χ3n) is 1.96. The topological polar surface area (TPSA) is 46.5 Å². The zero-order valence-corrected chi connectivity index (χ0v) is 7.74. The molecule has 0 saturated carbocycles. The Morgan fingerprint density at radius 1 is 1.50 bits per heavy atom. The Morgan fingerprint density at radius 3 is 2.50 bits per heavy atom. The molecule has 0 amide bonds. The van der Waals surface area contributed by atoms with Crippen LogP contribution in [0.1, 0.15) is 5.56 Å². The van der Waals surface area contributed by atoms with Crippen LogP contribution in [0.5, 0.6) is 0 Å². The normalized spacial score (nSPS) is 14.5. The highest BCUT2D eigenvalue weighted by Crippen LogP contribution is 2.26. The van der Waals surface area contributed by atoms with Gasteiger partial charge in [0.25, 0.3) is 5.67 Å². The van der Waals surface area contributed by atoms with E-state index in [1.807, 2.05) is 0 Å². The molecule has 0 spiro atoms. The summed E-state index contributed by atoms with van der Waals surface area (Å²) in [7, 11) is 1.08. The summed E-state index contributed by atoms with van der Waals surface area (Å²) < 4.78 is 18.2. The number of ether oxygens (including phenoxy) is 1. The molecule has 1 unspecified atom stereocenters. The molecule has 1 aromatic rings. The van der Waals surface area contributed by atoms with Crippen LogP contribution in [0.3, 0.4) is 0 Å². The van der Waals surface area contributed by atoms with Crippen LogP contribution in [0.4, 0.5) is 4.39 Å². The summed E-state index contributed by atoms with van der Waals surface area (Å²) in [5.74, 6) is -1.09. The summed E-state index contributed by atoms with van der Waals surface area (Å²) in [4.78, 5) is 11.1. The Bertz CT molecular complexity index is 312. The van der Waals surface area contributed by atoms with Crippen molar-refractivity contribution in [1.82, 2.24) is 0 Å². The van der Waals surface area contributed by atoms with Crippen LogP contribution in [0.2, 0.25) is 0 Å². The van der Waals surface area contributed by atoms with E-state index in [2.05, 4.69) is 4.74 Å². The molecule has 0 heterocycles. The summed E-state index contributed by atoms with van der Waals surface area (Å²) in [5, 5.41) is 8.86. The number of alkyl halides is 1. The molecule has 0 aliphatic rings. The van der Waals surface area contributed by atoms with E-state index in [1.54, 1.807) is 18.2 Å². The molecule has 0 fully saturated rings. The Labute approximate surface area is 81.1 Å². The van der Waals surface area contributed by atoms with E-state index in [-0.39, 0.29) is 5.56 Å². The Hall–Kier alpha value is -1.42. The first kappa shape index (κ1) is 10.7. The predicted molar refractivity (Wildman–Crippen MR) is 48.3 cm³/mol. The van der Waals surface area contributed by atoms with Crippen molar-refractivity contribution in [2.45, 2.75) is 5.67 Å². The van der Waals surface area contributed by atoms with Crippen LogP contribution in [0.25, 0.3) is 0 Å². The minimum absolute atomic E-state index is 0.0920. The highest BCUT2D eigenvalue weighted by atomic mass is 19.1. The predicted octanol–water partition coefficient (Wildman–Crippen LogP) is 1.02. The second kappa shape index (κ2) is 4.19. The third kappa shape index (κ3) is 1.75. The Morgan fingerprint density at radius 2 is 2.07 bits per heavy atom. The van der Waals surface area contributed by atoms with Crippen LogP contribution >= 0.6 is 0 Å². The van der Waals surface area contributed by atoms with Gasteiger partial charge in [-0.25, -0.2) is 9.18 Å². The molecule has 1 aromatic carbocycles. The lowest BCUT2D eigenvalue weighted by molar-refractivity contribution is -0.158. The maximum Gasteiger partial charge on any atom is 0.350 e. The maximum atomic E-state index is 13.9. The molecular weight excluding hydrogens is 187 g/mol. The lowest BCUT2D eigenvalue weighted by Crippen LogP contribution is -2.35. The van der Waals surface area contributed by atoms with Gasteiger partial charge in [0.05, 0.1) is 13.7 Å². The van der Waals surface area contributed by atoms with Crippen molar-refractivity contribution in [3.63, 3.8) is 0 Å². The average Bonchev–Trinajstić information content (AvgIpc) is 2.28. The second-order valence-electron chi connectivity index (χ2n) is 2.82. The molecule has 0 aliphatic heterocycles. The summed E-state index contributed by atoms with van der Waals surface area (Å²) in [5.41, 5.74) is -2.37. The van der Waals surface area contributed by atoms with Gasteiger partial charge in [0.2, 0.25) is 0 Å². The molecule has 4 heteroatoms. The second-order valence-corrected chi connectivity index (χ2v) is 2.82. The van der Waals surface area contributed by atoms with Crippen LogP contribution in [0.15, 0.2) is 30.3 Å². The van der Waals surface area contributed by atoms with Crippen molar-refractivity contribution < 1.29 is 19.0 Å². The number of aliphatic hydroxyl groups excluding tert-OH is 1. The maximum absolute atomic E-state index is 13.9. The van der Waals surface area contributed by atoms with Crippen LogP contribution in [0, 0.1) is 0 Å². The van der Waals surface area contributed by atoms with Gasteiger partial charge in [-0.2, -0.15) is 0 Å². The zero-order valence-electron chi connectivity index (χ0n) is 7.74. The van der Waals surface area contributed by atoms with E-state index in [9.17, 15) is 9.18 Å². The molecule has 0 bridgehead atoms. The van der Waals surface area contributed by atoms with E-state index >= 15 is 0 Å². The Balaban J connectivity index is 3.08. The van der Waals surface area contributed by atoms with Crippen LogP contribution in [-0.4, -0.2) is 24.8 Å². The number of hydrogen-bond donors (Lipinski definition) is 1. The molecule has 0 aliphatic carbocycles. The Kier molecular flexibility index (Phi) is 3.19. The highest BCUT2D eigenvalue weighted by molar-refractivity contribution is 5.81. The standard InChI is InChI=1S/C10H11FO3/c1-14-9(13)10(11,7-12)8-5-3-2-4-6-8/h2-6,12H,7H2,1H3. The van der Waals surface area contributed by atoms with E-state index < -0.39 is 18.2 Å². The van der Waals surface area contributed by atoms with Crippen molar-refractivity contribution in [3.8, 4) is 0 Å². The van der Waals surface area contributed by atoms with Crippen molar-refractivity contribution in [3.05, 3.63) is 35.9 Å². The summed E-state index contributed by atoms with van der Waals surface area (Å²) in [6, 6.07) is 7.71. The van der Waals surface area contributed by atoms with E-state index in [0.717, 1.165) is 7.11 Å². The molecule has 0 radical (unpaired) electrons. The fourth-order valence-electron chi connectivity index (χ4n) is 1.14. The highest BCUT2D eigenvalue weighted by Gasteiger charge is 2.41. The summed E-state index contributed by atoms with van der Waals surface area (Å²) in [6.07, 6.45) is 0. The van der Waals surface area contributed by atoms with Gasteiger partial charge >= 0.3 is 5.97 Å². The van der Waals surface area contributed by atoms with Gasteiger partial charge in [0.15, 0.2) is 0 Å². The molecule has 1 N–H and O–H groups in total. The number of benzene rings is 1. The van der Waals surface area contributed by atoms with Gasteiger partial charge < -0.3 is 9.84 Å². The summed E-state index contributed by atoms with van der Waals surface area (Å²) in [6.45, 7) is -0.927. The quantitative estimate of drug-likeness (QED) is 0.737. The number of aliphatic hydroxyl groups is 1. The number of rotatable bonds is 3. The SMILES string of the molecule is COC(=O)C(F)(CO)c1ccccc1. The lowest BCUT2D eigenvalue weighted by Gasteiger charge is -2.19. The van der Waals surface area contributed by atoms with Gasteiger partial charge in [-0.1, -0.05) is 30.3 Å². The average molecular weight is 198 g/mol. The number of carbonyl (C=O) groups excluding carboxylic acids is 1. The van der Waals surface area contributed by atoms with Gasteiger partial charge in [0.1, 0.15) is 0 Å². The van der Waals surface area contributed by atoms with Gasteiger partial charge in [-0.05, 0) is 0 Å². The van der Waals surface area contributed by atoms with E-state index in [0.29, 0.717) is 0 Å². The van der Waals surface area contributed by atoms with E-state index in [4.69, 9.17) is 5.11 Å². The van der Waals surface area contributed by atoms with Gasteiger partial charge in [-0.3, -0.25) is 0 Å². The largest absolute Gasteiger partial charge is 0.466 e. The number of hydrogen-bond acceptors (Lipinski definition) is 3. The van der Waals surface area contributed by atoms with Crippen molar-refractivity contribution >= 4 is 5.97 Å². The molecular formula is C10H11FO3. The van der Waals surface area contributed by atoms with Crippen LogP contribution < -0.4 is 0 Å². The first-order valence-corrected chi connectivity index (χ1v) is 4.09. The number of halogens is 1. The van der Waals surface area contributed by atoms with E-state index in [1.165, 1.54) is 12.1 Å². The summed E-state index contributed by atoms with van der Waals surface area (Å²) >= 11 is 0. The fourth-order valence-corrected chi connectivity index (χ4v) is 1.14. The first-order chi connectivity index (χ1) is 6.65. The molecule has 3 nitrogen and oxygen atoms in total. The van der Waals surface area contributed by atoms with Crippen molar-refractivity contribution in [2.24, 2.45) is 0 Å². The van der Waals surface area contributed by atoms with Gasteiger partial charge in [-0.15, -0.1) is 0 Å². The van der Waals surface area contributed by atoms with Crippen LogP contribution in [-0.2, 0) is 15.2 Å². The molecule has 1 atom stereocenters. The minimum Gasteiger partial charge on any atom is -0.466 e. The van der Waals surface area contributed by atoms with Crippen molar-refractivity contribution in [1.29, 1.82) is 0 Å². The smallest absolute Gasteiger partial charge is 0.350 e. The van der Waals surface area contributed by atoms with Gasteiger partial charge in [0, 0.05) is 5.56 Å². The monoisotopic (exact) mass is 198 g/mol. The number of methoxy groups -OCH3 is 1. The minimum atomic E-state index is -2.46. The first-order valence-electron chi connectivity index (χ1n) is 4.09. The molecule has 0 aromatic heterocycles. The lowest BCUT2D eigenvalue weighted by atomic mass is 9.97. The molecule has 14 heavy (non-hydrogen) atoms. The number of carbonyl (C=O) groups is 1. The molecule has 76 valence electrons. The molecule has 0 saturated heterocycles. The van der Waals surface area contributed by atoms with Crippen molar-refractivity contribution in [2.75, 3.05) is 13.7 Å². The molecule has 1 rings (SSSR count). The zero-order chi connectivity index (χ0) is 10.6. The third-order valence-corrected chi connectivity index (χ3v) is 1.96.